The normalized spacial score (nSPS) is 13.0. The molecule has 6 aliphatic carbocycles. The zero-order valence-corrected chi connectivity index (χ0v) is 76.1. The maximum atomic E-state index is 5.60. The fraction of sp³-hybridized carbons (Fsp3) is 0.0323. The molecule has 0 unspecified atom stereocenters. The van der Waals surface area contributed by atoms with Gasteiger partial charge < -0.3 is 16.0 Å². The quantitative estimate of drug-likeness (QED) is 0.149. The molecule has 130 heavy (non-hydrogen) atoms. The highest BCUT2D eigenvalue weighted by Gasteiger charge is 2.55. The number of nitrogens with zero attached hydrogens (tertiary/aromatic N) is 1. The van der Waals surface area contributed by atoms with Gasteiger partial charge in [0, 0.05) is 47.5 Å². The Morgan fingerprint density at radius 3 is 0.762 bits per heavy atom. The Balaban J connectivity index is 0.000000105. The van der Waals surface area contributed by atoms with Gasteiger partial charge in [0.2, 0.25) is 0 Å². The molecule has 618 valence electrons. The third-order valence-electron chi connectivity index (χ3n) is 26.8. The number of rotatable bonds is 8. The molecule has 0 heterocycles. The highest BCUT2D eigenvalue weighted by molar-refractivity contribution is 9.11. The van der Waals surface area contributed by atoms with Crippen LogP contribution in [0.1, 0.15) is 72.3 Å². The van der Waals surface area contributed by atoms with Crippen LogP contribution < -0.4 is 16.0 Å². The van der Waals surface area contributed by atoms with Gasteiger partial charge in [-0.1, -0.05) is 429 Å². The average Bonchev–Trinajstić information content (AvgIpc) is 1.52. The van der Waals surface area contributed by atoms with Crippen LogP contribution in [0, 0.1) is 6.92 Å². The van der Waals surface area contributed by atoms with Gasteiger partial charge in [-0.05, 0) is 283 Å². The number of aryl methyl sites for hydroxylation is 1. The molecule has 0 saturated carbocycles. The van der Waals surface area contributed by atoms with Crippen molar-refractivity contribution in [3.05, 3.63) is 571 Å². The molecule has 20 aromatic carbocycles. The Morgan fingerprint density at radius 2 is 0.423 bits per heavy atom. The van der Waals surface area contributed by atoms with Gasteiger partial charge in [-0.15, -0.1) is 0 Å². The Hall–Kier alpha value is -14.8. The van der Waals surface area contributed by atoms with E-state index in [0.29, 0.717) is 0 Å². The van der Waals surface area contributed by atoms with Crippen LogP contribution in [0.3, 0.4) is 0 Å². The number of nitrogens with two attached hydrogens (primary N) is 1. The first kappa shape index (κ1) is 81.0. The Labute approximate surface area is 785 Å². The molecule has 3 N–H and O–H groups in total. The van der Waals surface area contributed by atoms with Crippen molar-refractivity contribution < 1.29 is 0 Å². The average molecular weight is 1860 g/mol. The second-order valence-corrected chi connectivity index (χ2v) is 36.7. The molecular formula is C124H86Br3N3. The van der Waals surface area contributed by atoms with Gasteiger partial charge >= 0.3 is 0 Å². The SMILES string of the molecule is Brc1ccc(N(c2ccc(-c3ccccc3)cc2)c2ccc3c(c2)C2(c4ccccc4-c4ccccc42)c2ccccc2-3)cc1.Brc1ccc2c(c1)C1(c3ccccc3-c3ccccc31)c1ccccc1-2.Cc1ccc(Br)cc1.Nc1ccc(-c2ccccc2)cc1.c1ccc(-c2ccc(Nc3ccc4c(c3)C3(c5ccccc5-c5ccccc53)c3ccccc3-4)cc2)cc1. The van der Waals surface area contributed by atoms with Crippen molar-refractivity contribution in [1.82, 2.24) is 0 Å². The third-order valence-corrected chi connectivity index (χ3v) is 28.4. The van der Waals surface area contributed by atoms with Gasteiger partial charge in [0.15, 0.2) is 0 Å². The van der Waals surface area contributed by atoms with Crippen LogP contribution in [0.25, 0.3) is 100 Å². The molecule has 0 saturated heterocycles. The number of fused-ring (bicyclic) bond motifs is 30. The molecule has 3 nitrogen and oxygen atoms in total. The van der Waals surface area contributed by atoms with Crippen LogP contribution in [0.5, 0.6) is 0 Å². The number of anilines is 6. The van der Waals surface area contributed by atoms with Crippen molar-refractivity contribution in [1.29, 1.82) is 0 Å². The highest BCUT2D eigenvalue weighted by Crippen LogP contribution is 2.67. The van der Waals surface area contributed by atoms with Crippen molar-refractivity contribution >= 4 is 81.9 Å². The molecule has 0 radical (unpaired) electrons. The van der Waals surface area contributed by atoms with Gasteiger partial charge in [-0.3, -0.25) is 0 Å². The summed E-state index contributed by atoms with van der Waals surface area (Å²) >= 11 is 10.7. The molecule has 0 aromatic heterocycles. The van der Waals surface area contributed by atoms with Crippen molar-refractivity contribution in [3.63, 3.8) is 0 Å². The molecule has 0 bridgehead atoms. The minimum absolute atomic E-state index is 0.219. The molecular weight excluding hydrogens is 1770 g/mol. The summed E-state index contributed by atoms with van der Waals surface area (Å²) in [5.41, 5.74) is 52.1. The zero-order chi connectivity index (χ0) is 87.4. The highest BCUT2D eigenvalue weighted by atomic mass is 79.9. The molecule has 20 aromatic rings. The second-order valence-electron chi connectivity index (χ2n) is 33.9. The van der Waals surface area contributed by atoms with E-state index in [1.165, 1.54) is 172 Å². The van der Waals surface area contributed by atoms with Gasteiger partial charge in [0.1, 0.15) is 0 Å². The van der Waals surface area contributed by atoms with E-state index in [1.807, 2.05) is 54.6 Å². The molecule has 0 fully saturated rings. The topological polar surface area (TPSA) is 41.3 Å². The monoisotopic (exact) mass is 1850 g/mol. The zero-order valence-electron chi connectivity index (χ0n) is 71.3. The fourth-order valence-electron chi connectivity index (χ4n) is 21.3. The molecule has 0 aliphatic heterocycles. The maximum Gasteiger partial charge on any atom is 0.0726 e. The van der Waals surface area contributed by atoms with Crippen molar-refractivity contribution in [2.75, 3.05) is 16.0 Å². The third kappa shape index (κ3) is 13.8. The molecule has 6 heteroatoms. The van der Waals surface area contributed by atoms with E-state index in [9.17, 15) is 0 Å². The van der Waals surface area contributed by atoms with Crippen molar-refractivity contribution in [2.24, 2.45) is 0 Å². The minimum Gasteiger partial charge on any atom is -0.399 e. The van der Waals surface area contributed by atoms with Crippen LogP contribution in [0.15, 0.2) is 499 Å². The van der Waals surface area contributed by atoms with E-state index < -0.39 is 0 Å². The number of hydrogen-bond donors (Lipinski definition) is 2. The molecule has 0 amide bonds. The minimum atomic E-state index is -0.377. The lowest BCUT2D eigenvalue weighted by Gasteiger charge is -2.32. The second kappa shape index (κ2) is 34.1. The summed E-state index contributed by atoms with van der Waals surface area (Å²) in [6, 6.07) is 175. The standard InChI is InChI=1S/C43H28BrN.C37H25N.C25H15Br.C12H11N.C7H7Br/c44-31-20-24-33(25-21-31)45(32-22-18-30(19-23-32)29-10-2-1-3-11-29)34-26-27-38-37-14-6-9-17-41(37)43(42(38)28-34)39-15-7-4-12-35(39)36-13-5-8-16-40(36)43;1-2-10-25(11-3-1)26-18-20-27(21-19-26)38-28-22-23-32-31-14-6-9-17-35(31)37(36(32)24-28)33-15-7-4-12-29(33)30-13-5-8-16-34(30)37;26-16-13-14-20-19-9-3-6-12-23(19)25(24(20)15-16)21-10-4-1-7-17(21)18-8-2-5-11-22(18)25;13-12-8-6-11(7-9-12)10-4-2-1-3-5-10;1-6-2-4-7(8)5-3-6/h1-28H;1-24,38H;1-15H;1-9H,13H2;2-5H,1H3. The van der Waals surface area contributed by atoms with Crippen LogP contribution in [-0.2, 0) is 16.2 Å². The lowest BCUT2D eigenvalue weighted by molar-refractivity contribution is 0.793. The van der Waals surface area contributed by atoms with Crippen molar-refractivity contribution in [2.45, 2.75) is 23.2 Å². The number of halogens is 3. The smallest absolute Gasteiger partial charge is 0.0726 e. The van der Waals surface area contributed by atoms with Crippen LogP contribution in [0.2, 0.25) is 0 Å². The fourth-order valence-corrected chi connectivity index (χ4v) is 22.2. The summed E-state index contributed by atoms with van der Waals surface area (Å²) in [5.74, 6) is 0. The van der Waals surface area contributed by atoms with E-state index in [0.717, 1.165) is 47.5 Å². The van der Waals surface area contributed by atoms with Gasteiger partial charge in [0.25, 0.3) is 0 Å². The number of nitrogens with one attached hydrogen (secondary N) is 1. The van der Waals surface area contributed by atoms with Crippen LogP contribution in [0.4, 0.5) is 34.1 Å². The summed E-state index contributed by atoms with van der Waals surface area (Å²) < 4.78 is 3.33. The Kier molecular flexibility index (Phi) is 21.3. The van der Waals surface area contributed by atoms with E-state index in [1.54, 1.807) is 0 Å². The lowest BCUT2D eigenvalue weighted by atomic mass is 9.70. The molecule has 0 atom stereocenters. The summed E-state index contributed by atoms with van der Waals surface area (Å²) in [6.45, 7) is 2.08. The summed E-state index contributed by atoms with van der Waals surface area (Å²) in [7, 11) is 0. The van der Waals surface area contributed by atoms with Gasteiger partial charge in [-0.25, -0.2) is 0 Å². The van der Waals surface area contributed by atoms with Gasteiger partial charge in [-0.2, -0.15) is 0 Å². The van der Waals surface area contributed by atoms with E-state index in [2.05, 4.69) is 496 Å². The molecule has 26 rings (SSSR count). The lowest BCUT2D eigenvalue weighted by Crippen LogP contribution is -2.26. The Morgan fingerprint density at radius 1 is 0.192 bits per heavy atom. The molecule has 3 spiro atoms. The largest absolute Gasteiger partial charge is 0.399 e. The molecule has 6 aliphatic rings. The Bertz CT molecular complexity index is 7450. The maximum absolute atomic E-state index is 5.60. The number of nitrogen functional groups attached to an aromatic ring is 1. The number of benzene rings is 20. The van der Waals surface area contributed by atoms with Gasteiger partial charge in [0.05, 0.1) is 16.2 Å². The van der Waals surface area contributed by atoms with Crippen molar-refractivity contribution in [3.8, 4) is 100 Å². The summed E-state index contributed by atoms with van der Waals surface area (Å²) in [6.07, 6.45) is 0. The predicted octanol–water partition coefficient (Wildman–Crippen LogP) is 33.9. The first-order chi connectivity index (χ1) is 64.0. The first-order valence-electron chi connectivity index (χ1n) is 44.3. The van der Waals surface area contributed by atoms with E-state index in [-0.39, 0.29) is 16.2 Å². The van der Waals surface area contributed by atoms with E-state index >= 15 is 0 Å². The van der Waals surface area contributed by atoms with Crippen LogP contribution >= 0.6 is 47.8 Å². The summed E-state index contributed by atoms with van der Waals surface area (Å²) in [5, 5.41) is 3.69. The first-order valence-corrected chi connectivity index (χ1v) is 46.7. The van der Waals surface area contributed by atoms with E-state index in [4.69, 9.17) is 5.73 Å². The number of hydrogen-bond acceptors (Lipinski definition) is 3. The summed E-state index contributed by atoms with van der Waals surface area (Å²) in [4.78, 5) is 2.38. The van der Waals surface area contributed by atoms with Crippen LogP contribution in [-0.4, -0.2) is 0 Å². The predicted molar refractivity (Wildman–Crippen MR) is 554 cm³/mol.